The lowest BCUT2D eigenvalue weighted by Gasteiger charge is -2.13. The number of carbonyl (C=O) groups is 2. The van der Waals surface area contributed by atoms with Gasteiger partial charge in [-0.1, -0.05) is 0 Å². The molecule has 1 aromatic rings. The highest BCUT2D eigenvalue weighted by Gasteiger charge is 2.21. The monoisotopic (exact) mass is 257 g/mol. The maximum Gasteiger partial charge on any atom is 0.326 e. The Morgan fingerprint density at radius 2 is 2.35 bits per heavy atom. The van der Waals surface area contributed by atoms with Crippen LogP contribution in [0.5, 0.6) is 0 Å². The second kappa shape index (κ2) is 6.29. The van der Waals surface area contributed by atoms with E-state index < -0.39 is 17.9 Å². The van der Waals surface area contributed by atoms with E-state index in [1.807, 2.05) is 6.26 Å². The first-order chi connectivity index (χ1) is 8.06. The van der Waals surface area contributed by atoms with Gasteiger partial charge >= 0.3 is 5.97 Å². The molecule has 2 N–H and O–H groups in total. The molecule has 0 fully saturated rings. The minimum absolute atomic E-state index is 0.348. The number of nitrogens with zero attached hydrogens (tertiary/aromatic N) is 2. The number of hydrogen-bond acceptors (Lipinski definition) is 4. The fourth-order valence-corrected chi connectivity index (χ4v) is 1.77. The van der Waals surface area contributed by atoms with Crippen molar-refractivity contribution in [3.8, 4) is 0 Å². The molecular weight excluding hydrogens is 242 g/mol. The number of rotatable bonds is 6. The van der Waals surface area contributed by atoms with Gasteiger partial charge in [0.25, 0.3) is 5.91 Å². The van der Waals surface area contributed by atoms with Crippen LogP contribution in [-0.4, -0.2) is 44.6 Å². The third-order valence-corrected chi connectivity index (χ3v) is 2.91. The first-order valence-electron chi connectivity index (χ1n) is 5.05. The number of nitrogens with one attached hydrogen (secondary N) is 1. The van der Waals surface area contributed by atoms with Gasteiger partial charge in [-0.3, -0.25) is 4.79 Å². The van der Waals surface area contributed by atoms with Gasteiger partial charge in [0.2, 0.25) is 0 Å². The van der Waals surface area contributed by atoms with Crippen LogP contribution in [0.1, 0.15) is 16.9 Å². The van der Waals surface area contributed by atoms with E-state index in [0.717, 1.165) is 0 Å². The van der Waals surface area contributed by atoms with Crippen molar-refractivity contribution in [2.24, 2.45) is 7.05 Å². The highest BCUT2D eigenvalue weighted by atomic mass is 32.2. The van der Waals surface area contributed by atoms with Crippen LogP contribution < -0.4 is 5.32 Å². The summed E-state index contributed by atoms with van der Waals surface area (Å²) in [4.78, 5) is 26.5. The van der Waals surface area contributed by atoms with Gasteiger partial charge in [0.1, 0.15) is 11.7 Å². The van der Waals surface area contributed by atoms with Crippen molar-refractivity contribution in [3.63, 3.8) is 0 Å². The third kappa shape index (κ3) is 3.77. The van der Waals surface area contributed by atoms with Gasteiger partial charge in [0.05, 0.1) is 12.5 Å². The molecule has 6 nitrogen and oxygen atoms in total. The summed E-state index contributed by atoms with van der Waals surface area (Å²) in [5, 5.41) is 11.5. The van der Waals surface area contributed by atoms with Crippen molar-refractivity contribution in [2.45, 2.75) is 12.5 Å². The van der Waals surface area contributed by atoms with E-state index in [0.29, 0.717) is 17.9 Å². The Morgan fingerprint density at radius 1 is 1.65 bits per heavy atom. The van der Waals surface area contributed by atoms with E-state index in [2.05, 4.69) is 10.3 Å². The fraction of sp³-hybridized carbons (Fsp3) is 0.500. The maximum absolute atomic E-state index is 11.8. The number of carbonyl (C=O) groups excluding carboxylic acids is 1. The molecule has 1 rings (SSSR count). The van der Waals surface area contributed by atoms with Gasteiger partial charge < -0.3 is 15.0 Å². The molecule has 0 spiro atoms. The minimum atomic E-state index is -1.02. The standard InChI is InChI=1S/C10H15N3O3S/c1-13-6-11-5-8(13)9(14)12-7(10(15)16)3-4-17-2/h5-7H,3-4H2,1-2H3,(H,12,14)(H,15,16)/t7-/m1/s1. The molecule has 0 radical (unpaired) electrons. The molecule has 94 valence electrons. The molecular formula is C10H15N3O3S. The van der Waals surface area contributed by atoms with Crippen LogP contribution in [0.25, 0.3) is 0 Å². The van der Waals surface area contributed by atoms with Crippen LogP contribution in [0.4, 0.5) is 0 Å². The average Bonchev–Trinajstić information content (AvgIpc) is 2.70. The van der Waals surface area contributed by atoms with Crippen LogP contribution in [0, 0.1) is 0 Å². The number of aromatic nitrogens is 2. The van der Waals surface area contributed by atoms with Gasteiger partial charge in [0.15, 0.2) is 0 Å². The predicted molar refractivity (Wildman–Crippen MR) is 65.1 cm³/mol. The zero-order chi connectivity index (χ0) is 12.8. The van der Waals surface area contributed by atoms with Gasteiger partial charge in [-0.2, -0.15) is 11.8 Å². The second-order valence-electron chi connectivity index (χ2n) is 3.54. The summed E-state index contributed by atoms with van der Waals surface area (Å²) < 4.78 is 1.54. The average molecular weight is 257 g/mol. The summed E-state index contributed by atoms with van der Waals surface area (Å²) in [7, 11) is 1.68. The third-order valence-electron chi connectivity index (χ3n) is 2.26. The Labute approximate surface area is 103 Å². The summed E-state index contributed by atoms with van der Waals surface area (Å²) in [5.41, 5.74) is 0.348. The Hall–Kier alpha value is -1.50. The summed E-state index contributed by atoms with van der Waals surface area (Å²) in [6, 6.07) is -0.857. The van der Waals surface area contributed by atoms with Gasteiger partial charge in [-0.05, 0) is 18.4 Å². The number of thioether (sulfide) groups is 1. The molecule has 17 heavy (non-hydrogen) atoms. The first-order valence-corrected chi connectivity index (χ1v) is 6.44. The predicted octanol–water partition coefficient (Wildman–Crippen LogP) is 0.356. The highest BCUT2D eigenvalue weighted by Crippen LogP contribution is 2.03. The van der Waals surface area contributed by atoms with Crippen LogP contribution in [0.15, 0.2) is 12.5 Å². The van der Waals surface area contributed by atoms with Crippen molar-refractivity contribution in [3.05, 3.63) is 18.2 Å². The lowest BCUT2D eigenvalue weighted by atomic mass is 10.2. The number of carboxylic acids is 1. The quantitative estimate of drug-likeness (QED) is 0.768. The summed E-state index contributed by atoms with van der Waals surface area (Å²) in [5.74, 6) is -0.754. The van der Waals surface area contributed by atoms with E-state index in [4.69, 9.17) is 5.11 Å². The largest absolute Gasteiger partial charge is 0.480 e. The molecule has 1 atom stereocenters. The van der Waals surface area contributed by atoms with Crippen molar-refractivity contribution in [1.29, 1.82) is 0 Å². The van der Waals surface area contributed by atoms with E-state index >= 15 is 0 Å². The lowest BCUT2D eigenvalue weighted by molar-refractivity contribution is -0.139. The van der Waals surface area contributed by atoms with Crippen LogP contribution in [0.3, 0.4) is 0 Å². The SMILES string of the molecule is CSCC[C@@H](NC(=O)c1cncn1C)C(=O)O. The Morgan fingerprint density at radius 3 is 2.82 bits per heavy atom. The van der Waals surface area contributed by atoms with Crippen LogP contribution in [-0.2, 0) is 11.8 Å². The second-order valence-corrected chi connectivity index (χ2v) is 4.52. The number of aryl methyl sites for hydroxylation is 1. The van der Waals surface area contributed by atoms with Crippen molar-refractivity contribution in [1.82, 2.24) is 14.9 Å². The van der Waals surface area contributed by atoms with Crippen molar-refractivity contribution in [2.75, 3.05) is 12.0 Å². The molecule has 1 aromatic heterocycles. The molecule has 0 unspecified atom stereocenters. The van der Waals surface area contributed by atoms with Crippen molar-refractivity contribution >= 4 is 23.6 Å². The van der Waals surface area contributed by atoms with E-state index in [-0.39, 0.29) is 0 Å². The fourth-order valence-electron chi connectivity index (χ4n) is 1.30. The van der Waals surface area contributed by atoms with E-state index in [9.17, 15) is 9.59 Å². The Balaban J connectivity index is 2.64. The smallest absolute Gasteiger partial charge is 0.326 e. The molecule has 0 saturated heterocycles. The topological polar surface area (TPSA) is 84.2 Å². The normalized spacial score (nSPS) is 12.1. The molecule has 0 aromatic carbocycles. The van der Waals surface area contributed by atoms with Crippen LogP contribution in [0.2, 0.25) is 0 Å². The molecule has 0 aliphatic heterocycles. The molecule has 0 saturated carbocycles. The van der Waals surface area contributed by atoms with Gasteiger partial charge in [-0.25, -0.2) is 9.78 Å². The zero-order valence-electron chi connectivity index (χ0n) is 9.71. The lowest BCUT2D eigenvalue weighted by Crippen LogP contribution is -2.41. The Bertz CT molecular complexity index is 405. The van der Waals surface area contributed by atoms with Crippen molar-refractivity contribution < 1.29 is 14.7 Å². The molecule has 0 bridgehead atoms. The Kier molecular flexibility index (Phi) is 5.02. The summed E-state index contributed by atoms with van der Waals surface area (Å²) in [6.45, 7) is 0. The number of hydrogen-bond donors (Lipinski definition) is 2. The maximum atomic E-state index is 11.8. The summed E-state index contributed by atoms with van der Waals surface area (Å²) >= 11 is 1.54. The van der Waals surface area contributed by atoms with Gasteiger partial charge in [0, 0.05) is 7.05 Å². The van der Waals surface area contributed by atoms with E-state index in [1.165, 1.54) is 12.5 Å². The van der Waals surface area contributed by atoms with Crippen LogP contribution >= 0.6 is 11.8 Å². The number of imidazole rings is 1. The minimum Gasteiger partial charge on any atom is -0.480 e. The first kappa shape index (κ1) is 13.6. The molecule has 1 heterocycles. The molecule has 0 aliphatic rings. The molecule has 0 aliphatic carbocycles. The highest BCUT2D eigenvalue weighted by molar-refractivity contribution is 7.98. The summed E-state index contributed by atoms with van der Waals surface area (Å²) in [6.07, 6.45) is 5.19. The molecule has 7 heteroatoms. The van der Waals surface area contributed by atoms with E-state index in [1.54, 1.807) is 23.4 Å². The zero-order valence-corrected chi connectivity index (χ0v) is 10.5. The number of aliphatic carboxylic acids is 1. The number of amides is 1. The molecule has 1 amide bonds. The van der Waals surface area contributed by atoms with Gasteiger partial charge in [-0.15, -0.1) is 0 Å². The number of carboxylic acid groups (broad SMARTS) is 1.